The molecule has 7 nitrogen and oxygen atoms in total. The molecule has 0 aromatic heterocycles. The SMILES string of the molecule is CS(=O)(=O)N(c1ccc(N)cc1)c1ccc(S(N)(=O)=O)cc1. The van der Waals surface area contributed by atoms with Gasteiger partial charge in [-0.1, -0.05) is 0 Å². The second-order valence-corrected chi connectivity index (χ2v) is 8.05. The van der Waals surface area contributed by atoms with E-state index in [1.54, 1.807) is 24.3 Å². The molecular formula is C13H15N3O4S2. The number of rotatable bonds is 4. The molecule has 2 aromatic carbocycles. The molecule has 9 heteroatoms. The number of primary sulfonamides is 1. The monoisotopic (exact) mass is 341 g/mol. The van der Waals surface area contributed by atoms with Gasteiger partial charge in [0.05, 0.1) is 22.5 Å². The lowest BCUT2D eigenvalue weighted by Gasteiger charge is -2.22. The Morgan fingerprint density at radius 1 is 0.818 bits per heavy atom. The van der Waals surface area contributed by atoms with Crippen molar-refractivity contribution in [1.82, 2.24) is 0 Å². The molecule has 0 saturated heterocycles. The maximum absolute atomic E-state index is 12.1. The van der Waals surface area contributed by atoms with Gasteiger partial charge in [0, 0.05) is 5.69 Å². The van der Waals surface area contributed by atoms with E-state index in [-0.39, 0.29) is 4.90 Å². The molecule has 0 aliphatic carbocycles. The van der Waals surface area contributed by atoms with E-state index < -0.39 is 20.0 Å². The normalized spacial score (nSPS) is 12.1. The summed E-state index contributed by atoms with van der Waals surface area (Å²) in [6.07, 6.45) is 1.05. The van der Waals surface area contributed by atoms with Crippen LogP contribution in [0.25, 0.3) is 0 Å². The minimum atomic E-state index is -3.84. The van der Waals surface area contributed by atoms with E-state index in [1.807, 2.05) is 0 Å². The Morgan fingerprint density at radius 3 is 1.59 bits per heavy atom. The Hall–Kier alpha value is -2.10. The first-order chi connectivity index (χ1) is 10.1. The number of nitrogens with zero attached hydrogens (tertiary/aromatic N) is 1. The molecule has 118 valence electrons. The molecule has 0 saturated carbocycles. The molecule has 2 rings (SSSR count). The molecule has 0 bridgehead atoms. The third kappa shape index (κ3) is 3.56. The van der Waals surface area contributed by atoms with Crippen LogP contribution in [0.15, 0.2) is 53.4 Å². The predicted molar refractivity (Wildman–Crippen MR) is 85.7 cm³/mol. The van der Waals surface area contributed by atoms with Gasteiger partial charge >= 0.3 is 0 Å². The molecule has 0 unspecified atom stereocenters. The van der Waals surface area contributed by atoms with Crippen LogP contribution in [0.5, 0.6) is 0 Å². The number of hydrogen-bond donors (Lipinski definition) is 2. The third-order valence-electron chi connectivity index (χ3n) is 2.86. The van der Waals surface area contributed by atoms with E-state index in [0.717, 1.165) is 10.6 Å². The summed E-state index contributed by atoms with van der Waals surface area (Å²) in [6, 6.07) is 11.5. The smallest absolute Gasteiger partial charge is 0.238 e. The molecule has 0 spiro atoms. The largest absolute Gasteiger partial charge is 0.399 e. The molecule has 4 N–H and O–H groups in total. The Labute approximate surface area is 129 Å². The van der Waals surface area contributed by atoms with E-state index >= 15 is 0 Å². The van der Waals surface area contributed by atoms with Crippen molar-refractivity contribution in [2.45, 2.75) is 4.90 Å². The molecule has 0 amide bonds. The molecule has 0 radical (unpaired) electrons. The van der Waals surface area contributed by atoms with Crippen molar-refractivity contribution in [3.63, 3.8) is 0 Å². The topological polar surface area (TPSA) is 124 Å². The van der Waals surface area contributed by atoms with Crippen molar-refractivity contribution in [2.24, 2.45) is 5.14 Å². The highest BCUT2D eigenvalue weighted by Gasteiger charge is 2.20. The van der Waals surface area contributed by atoms with Crippen LogP contribution in [0.3, 0.4) is 0 Å². The van der Waals surface area contributed by atoms with E-state index in [2.05, 4.69) is 0 Å². The first-order valence-electron chi connectivity index (χ1n) is 6.08. The van der Waals surface area contributed by atoms with Crippen LogP contribution in [0.2, 0.25) is 0 Å². The van der Waals surface area contributed by atoms with Crippen LogP contribution in [-0.2, 0) is 20.0 Å². The standard InChI is InChI=1S/C13H15N3O4S2/c1-21(17,18)16(11-4-2-10(14)3-5-11)12-6-8-13(9-7-12)22(15,19)20/h2-9H,14H2,1H3,(H2,15,19,20). The average molecular weight is 341 g/mol. The highest BCUT2D eigenvalue weighted by molar-refractivity contribution is 7.92. The minimum absolute atomic E-state index is 0.0954. The van der Waals surface area contributed by atoms with E-state index in [9.17, 15) is 16.8 Å². The fourth-order valence-corrected chi connectivity index (χ4v) is 3.44. The van der Waals surface area contributed by atoms with Gasteiger partial charge in [-0.2, -0.15) is 0 Å². The summed E-state index contributed by atoms with van der Waals surface area (Å²) in [4.78, 5) is -0.0954. The molecule has 0 heterocycles. The Morgan fingerprint density at radius 2 is 1.23 bits per heavy atom. The summed E-state index contributed by atoms with van der Waals surface area (Å²) >= 11 is 0. The number of nitrogen functional groups attached to an aromatic ring is 1. The number of nitrogens with two attached hydrogens (primary N) is 2. The molecule has 0 aliphatic rings. The highest BCUT2D eigenvalue weighted by atomic mass is 32.2. The minimum Gasteiger partial charge on any atom is -0.399 e. The molecule has 0 fully saturated rings. The summed E-state index contributed by atoms with van der Waals surface area (Å²) in [6.45, 7) is 0. The Bertz CT molecular complexity index is 874. The fraction of sp³-hybridized carbons (Fsp3) is 0.0769. The van der Waals surface area contributed by atoms with Crippen molar-refractivity contribution in [3.05, 3.63) is 48.5 Å². The summed E-state index contributed by atoms with van der Waals surface area (Å²) in [5, 5.41) is 5.02. The molecule has 2 aromatic rings. The van der Waals surface area contributed by atoms with Gasteiger partial charge in [-0.05, 0) is 48.5 Å². The van der Waals surface area contributed by atoms with Gasteiger partial charge < -0.3 is 5.73 Å². The number of anilines is 3. The Balaban J connectivity index is 2.54. The van der Waals surface area contributed by atoms with Crippen LogP contribution in [-0.4, -0.2) is 23.1 Å². The molecule has 0 aliphatic heterocycles. The lowest BCUT2D eigenvalue weighted by molar-refractivity contribution is 0.597. The zero-order valence-electron chi connectivity index (χ0n) is 11.7. The second-order valence-electron chi connectivity index (χ2n) is 4.66. The summed E-state index contributed by atoms with van der Waals surface area (Å²) < 4.78 is 47.7. The van der Waals surface area contributed by atoms with E-state index in [0.29, 0.717) is 17.1 Å². The van der Waals surface area contributed by atoms with Gasteiger partial charge in [-0.15, -0.1) is 0 Å². The van der Waals surface area contributed by atoms with E-state index in [4.69, 9.17) is 10.9 Å². The maximum atomic E-state index is 12.1. The fourth-order valence-electron chi connectivity index (χ4n) is 1.91. The van der Waals surface area contributed by atoms with E-state index in [1.165, 1.54) is 24.3 Å². The van der Waals surface area contributed by atoms with Crippen molar-refractivity contribution in [1.29, 1.82) is 0 Å². The molecular weight excluding hydrogens is 326 g/mol. The van der Waals surface area contributed by atoms with Crippen molar-refractivity contribution < 1.29 is 16.8 Å². The average Bonchev–Trinajstić information content (AvgIpc) is 2.39. The summed E-state index contributed by atoms with van der Waals surface area (Å²) in [5.41, 5.74) is 6.78. The zero-order valence-corrected chi connectivity index (χ0v) is 13.3. The summed E-state index contributed by atoms with van der Waals surface area (Å²) in [7, 11) is -7.46. The second kappa shape index (κ2) is 5.59. The van der Waals surface area contributed by atoms with Crippen molar-refractivity contribution in [2.75, 3.05) is 16.3 Å². The van der Waals surface area contributed by atoms with Gasteiger partial charge in [0.1, 0.15) is 0 Å². The van der Waals surface area contributed by atoms with Crippen LogP contribution >= 0.6 is 0 Å². The highest BCUT2D eigenvalue weighted by Crippen LogP contribution is 2.29. The third-order valence-corrected chi connectivity index (χ3v) is 4.87. The first kappa shape index (κ1) is 16.3. The number of benzene rings is 2. The molecule has 22 heavy (non-hydrogen) atoms. The van der Waals surface area contributed by atoms with Gasteiger partial charge in [0.15, 0.2) is 0 Å². The van der Waals surface area contributed by atoms with Gasteiger partial charge in [0.25, 0.3) is 0 Å². The number of sulfonamides is 2. The quantitative estimate of drug-likeness (QED) is 0.803. The maximum Gasteiger partial charge on any atom is 0.238 e. The van der Waals surface area contributed by atoms with Crippen LogP contribution in [0, 0.1) is 0 Å². The lowest BCUT2D eigenvalue weighted by atomic mass is 10.2. The predicted octanol–water partition coefficient (Wildman–Crippen LogP) is 1.01. The Kier molecular flexibility index (Phi) is 4.14. The number of hydrogen-bond acceptors (Lipinski definition) is 5. The van der Waals surface area contributed by atoms with Gasteiger partial charge in [-0.3, -0.25) is 0 Å². The van der Waals surface area contributed by atoms with Crippen molar-refractivity contribution in [3.8, 4) is 0 Å². The van der Waals surface area contributed by atoms with Crippen LogP contribution < -0.4 is 15.2 Å². The summed E-state index contributed by atoms with van der Waals surface area (Å²) in [5.74, 6) is 0. The first-order valence-corrected chi connectivity index (χ1v) is 9.47. The van der Waals surface area contributed by atoms with Crippen LogP contribution in [0.4, 0.5) is 17.1 Å². The van der Waals surface area contributed by atoms with Crippen molar-refractivity contribution >= 4 is 37.1 Å². The molecule has 0 atom stereocenters. The van der Waals surface area contributed by atoms with Gasteiger partial charge in [0.2, 0.25) is 20.0 Å². The van der Waals surface area contributed by atoms with Gasteiger partial charge in [-0.25, -0.2) is 26.3 Å². The lowest BCUT2D eigenvalue weighted by Crippen LogP contribution is -2.24. The van der Waals surface area contributed by atoms with Crippen LogP contribution in [0.1, 0.15) is 0 Å². The zero-order chi connectivity index (χ0) is 16.5.